The van der Waals surface area contributed by atoms with Gasteiger partial charge in [-0.05, 0) is 36.6 Å². The highest BCUT2D eigenvalue weighted by atomic mass is 127. The molecule has 2 heterocycles. The lowest BCUT2D eigenvalue weighted by molar-refractivity contribution is 0.477. The first-order valence-electron chi connectivity index (χ1n) is 8.64. The van der Waals surface area contributed by atoms with Gasteiger partial charge in [0.2, 0.25) is 10.0 Å². The average Bonchev–Trinajstić information content (AvgIpc) is 3.36. The first-order valence-corrected chi connectivity index (χ1v) is 10.1. The van der Waals surface area contributed by atoms with Crippen molar-refractivity contribution in [2.75, 3.05) is 20.1 Å². The molecule has 2 aromatic rings. The smallest absolute Gasteiger partial charge is 0.243 e. The first kappa shape index (κ1) is 21.7. The second kappa shape index (κ2) is 10.1. The summed E-state index contributed by atoms with van der Waals surface area (Å²) in [6.07, 6.45) is 5.18. The van der Waals surface area contributed by atoms with Gasteiger partial charge in [-0.3, -0.25) is 4.99 Å². The van der Waals surface area contributed by atoms with Crippen LogP contribution in [-0.4, -0.2) is 38.8 Å². The number of aliphatic imine (C=N–C) groups is 1. The number of furan rings is 1. The van der Waals surface area contributed by atoms with Gasteiger partial charge in [-0.2, -0.15) is 4.31 Å². The number of halogens is 1. The molecule has 1 saturated heterocycles. The molecule has 0 unspecified atom stereocenters. The Labute approximate surface area is 177 Å². The fraction of sp³-hybridized carbons (Fsp3) is 0.389. The van der Waals surface area contributed by atoms with Crippen molar-refractivity contribution in [3.05, 3.63) is 54.0 Å². The van der Waals surface area contributed by atoms with Crippen LogP contribution < -0.4 is 10.6 Å². The maximum atomic E-state index is 12.5. The fourth-order valence-electron chi connectivity index (χ4n) is 2.84. The van der Waals surface area contributed by atoms with Gasteiger partial charge in [0.15, 0.2) is 5.96 Å². The van der Waals surface area contributed by atoms with E-state index in [0.29, 0.717) is 37.0 Å². The van der Waals surface area contributed by atoms with Crippen LogP contribution in [0.3, 0.4) is 0 Å². The van der Waals surface area contributed by atoms with E-state index in [9.17, 15) is 8.42 Å². The summed E-state index contributed by atoms with van der Waals surface area (Å²) < 4.78 is 31.6. The van der Waals surface area contributed by atoms with E-state index in [1.165, 1.54) is 0 Å². The molecule has 1 aliphatic heterocycles. The van der Waals surface area contributed by atoms with Crippen molar-refractivity contribution < 1.29 is 12.8 Å². The van der Waals surface area contributed by atoms with Crippen LogP contribution in [0.25, 0.3) is 0 Å². The van der Waals surface area contributed by atoms with Crippen LogP contribution in [0.2, 0.25) is 0 Å². The van der Waals surface area contributed by atoms with Crippen molar-refractivity contribution >= 4 is 40.0 Å². The van der Waals surface area contributed by atoms with Crippen molar-refractivity contribution in [3.63, 3.8) is 0 Å². The standard InChI is InChI=1S/C18H24N4O3S.HI/c1-19-18(21-13-16-8-11-25-14-16)20-12-15-4-6-17(7-5-15)26(23,24)22-9-2-3-10-22;/h4-8,11,14H,2-3,9-10,12-13H2,1H3,(H2,19,20,21);1H. The molecule has 0 spiro atoms. The van der Waals surface area contributed by atoms with Crippen molar-refractivity contribution in [1.29, 1.82) is 0 Å². The lowest BCUT2D eigenvalue weighted by Crippen LogP contribution is -2.36. The van der Waals surface area contributed by atoms with E-state index in [0.717, 1.165) is 24.0 Å². The zero-order valence-electron chi connectivity index (χ0n) is 15.2. The molecule has 0 radical (unpaired) electrons. The minimum absolute atomic E-state index is 0. The van der Waals surface area contributed by atoms with E-state index >= 15 is 0 Å². The molecule has 1 fully saturated rings. The molecule has 9 heteroatoms. The van der Waals surface area contributed by atoms with Gasteiger partial charge in [-0.15, -0.1) is 24.0 Å². The summed E-state index contributed by atoms with van der Waals surface area (Å²) in [7, 11) is -1.65. The van der Waals surface area contributed by atoms with E-state index in [1.54, 1.807) is 36.0 Å². The summed E-state index contributed by atoms with van der Waals surface area (Å²) in [5.74, 6) is 0.667. The zero-order chi connectivity index (χ0) is 18.4. The number of rotatable bonds is 6. The normalized spacial score (nSPS) is 15.4. The molecular weight excluding hydrogens is 479 g/mol. The minimum Gasteiger partial charge on any atom is -0.472 e. The number of nitrogens with zero attached hydrogens (tertiary/aromatic N) is 2. The number of sulfonamides is 1. The third-order valence-electron chi connectivity index (χ3n) is 4.35. The van der Waals surface area contributed by atoms with Crippen LogP contribution in [0.4, 0.5) is 0 Å². The van der Waals surface area contributed by atoms with Crippen LogP contribution in [0.1, 0.15) is 24.0 Å². The molecule has 0 bridgehead atoms. The highest BCUT2D eigenvalue weighted by Gasteiger charge is 2.26. The van der Waals surface area contributed by atoms with Crippen LogP contribution in [-0.2, 0) is 23.1 Å². The number of hydrogen-bond acceptors (Lipinski definition) is 4. The monoisotopic (exact) mass is 504 g/mol. The predicted octanol–water partition coefficient (Wildman–Crippen LogP) is 2.55. The second-order valence-electron chi connectivity index (χ2n) is 6.17. The maximum Gasteiger partial charge on any atom is 0.243 e. The SMILES string of the molecule is CN=C(NCc1ccc(S(=O)(=O)N2CCCC2)cc1)NCc1ccoc1.I. The van der Waals surface area contributed by atoms with Gasteiger partial charge in [0.25, 0.3) is 0 Å². The zero-order valence-corrected chi connectivity index (χ0v) is 18.4. The lowest BCUT2D eigenvalue weighted by Gasteiger charge is -2.16. The molecule has 1 aromatic carbocycles. The van der Waals surface area contributed by atoms with Crippen molar-refractivity contribution in [3.8, 4) is 0 Å². The van der Waals surface area contributed by atoms with Crippen LogP contribution in [0.15, 0.2) is 57.2 Å². The highest BCUT2D eigenvalue weighted by Crippen LogP contribution is 2.21. The molecule has 3 rings (SSSR count). The van der Waals surface area contributed by atoms with Gasteiger partial charge in [0.1, 0.15) is 0 Å². The summed E-state index contributed by atoms with van der Waals surface area (Å²) in [4.78, 5) is 4.53. The number of benzene rings is 1. The Bertz CT molecular complexity index is 830. The first-order chi connectivity index (χ1) is 12.6. The van der Waals surface area contributed by atoms with Crippen molar-refractivity contribution in [2.45, 2.75) is 30.8 Å². The summed E-state index contributed by atoms with van der Waals surface area (Å²) in [5.41, 5.74) is 2.01. The maximum absolute atomic E-state index is 12.5. The Hall–Kier alpha value is -1.59. The molecular formula is C18H25IN4O3S. The average molecular weight is 504 g/mol. The Morgan fingerprint density at radius 3 is 2.26 bits per heavy atom. The third kappa shape index (κ3) is 5.69. The highest BCUT2D eigenvalue weighted by molar-refractivity contribution is 14.0. The molecule has 27 heavy (non-hydrogen) atoms. The van der Waals surface area contributed by atoms with E-state index in [2.05, 4.69) is 15.6 Å². The Kier molecular flexibility index (Phi) is 8.11. The minimum atomic E-state index is -3.36. The van der Waals surface area contributed by atoms with Gasteiger partial charge in [-0.1, -0.05) is 12.1 Å². The molecule has 0 aliphatic carbocycles. The summed E-state index contributed by atoms with van der Waals surface area (Å²) in [6.45, 7) is 2.40. The molecule has 0 atom stereocenters. The van der Waals surface area contributed by atoms with Gasteiger partial charge >= 0.3 is 0 Å². The quantitative estimate of drug-likeness (QED) is 0.359. The fourth-order valence-corrected chi connectivity index (χ4v) is 4.36. The van der Waals surface area contributed by atoms with E-state index in [4.69, 9.17) is 4.42 Å². The lowest BCUT2D eigenvalue weighted by atomic mass is 10.2. The number of nitrogens with one attached hydrogen (secondary N) is 2. The van der Waals surface area contributed by atoms with Crippen molar-refractivity contribution in [2.24, 2.45) is 4.99 Å². The van der Waals surface area contributed by atoms with Crippen molar-refractivity contribution in [1.82, 2.24) is 14.9 Å². The van der Waals surface area contributed by atoms with E-state index in [1.807, 2.05) is 18.2 Å². The number of hydrogen-bond donors (Lipinski definition) is 2. The van der Waals surface area contributed by atoms with E-state index in [-0.39, 0.29) is 24.0 Å². The molecule has 0 amide bonds. The molecule has 1 aromatic heterocycles. The summed E-state index contributed by atoms with van der Waals surface area (Å²) >= 11 is 0. The summed E-state index contributed by atoms with van der Waals surface area (Å²) in [5, 5.41) is 6.40. The Morgan fingerprint density at radius 1 is 1.07 bits per heavy atom. The molecule has 148 valence electrons. The molecule has 1 aliphatic rings. The van der Waals surface area contributed by atoms with Crippen LogP contribution in [0, 0.1) is 0 Å². The molecule has 7 nitrogen and oxygen atoms in total. The van der Waals surface area contributed by atoms with Crippen LogP contribution in [0.5, 0.6) is 0 Å². The van der Waals surface area contributed by atoms with Gasteiger partial charge in [-0.25, -0.2) is 8.42 Å². The van der Waals surface area contributed by atoms with Gasteiger partial charge in [0.05, 0.1) is 17.4 Å². The predicted molar refractivity (Wildman–Crippen MR) is 116 cm³/mol. The topological polar surface area (TPSA) is 86.9 Å². The Morgan fingerprint density at radius 2 is 1.70 bits per heavy atom. The summed E-state index contributed by atoms with van der Waals surface area (Å²) in [6, 6.07) is 8.90. The third-order valence-corrected chi connectivity index (χ3v) is 6.26. The molecule has 0 saturated carbocycles. The largest absolute Gasteiger partial charge is 0.472 e. The Balaban J connectivity index is 0.00000261. The number of guanidine groups is 1. The molecule has 2 N–H and O–H groups in total. The van der Waals surface area contributed by atoms with Gasteiger partial charge < -0.3 is 15.1 Å². The second-order valence-corrected chi connectivity index (χ2v) is 8.10. The van der Waals surface area contributed by atoms with E-state index < -0.39 is 10.0 Å². The van der Waals surface area contributed by atoms with Crippen LogP contribution >= 0.6 is 24.0 Å². The van der Waals surface area contributed by atoms with Gasteiger partial charge in [0, 0.05) is 38.8 Å².